The number of likely N-dealkylation sites (tertiary alicyclic amines) is 1. The number of aromatic nitrogens is 2. The van der Waals surface area contributed by atoms with Gasteiger partial charge in [-0.2, -0.15) is 0 Å². The summed E-state index contributed by atoms with van der Waals surface area (Å²) >= 11 is 0. The van der Waals surface area contributed by atoms with Crippen molar-refractivity contribution in [3.05, 3.63) is 54.6 Å². The van der Waals surface area contributed by atoms with E-state index in [2.05, 4.69) is 9.97 Å². The first-order valence-electron chi connectivity index (χ1n) is 6.60. The molecule has 0 bridgehead atoms. The van der Waals surface area contributed by atoms with Crippen molar-refractivity contribution >= 4 is 5.91 Å². The number of hydrogen-bond acceptors (Lipinski definition) is 4. The maximum absolute atomic E-state index is 12.2. The van der Waals surface area contributed by atoms with Gasteiger partial charge < -0.3 is 9.64 Å². The molecule has 2 aromatic heterocycles. The minimum atomic E-state index is -0.0357. The van der Waals surface area contributed by atoms with Crippen molar-refractivity contribution in [1.82, 2.24) is 14.9 Å². The summed E-state index contributed by atoms with van der Waals surface area (Å²) in [5, 5.41) is 0. The van der Waals surface area contributed by atoms with Crippen molar-refractivity contribution in [2.24, 2.45) is 0 Å². The highest BCUT2D eigenvalue weighted by molar-refractivity contribution is 5.92. The summed E-state index contributed by atoms with van der Waals surface area (Å²) in [6.07, 6.45) is 5.89. The van der Waals surface area contributed by atoms with E-state index in [1.54, 1.807) is 35.6 Å². The molecule has 0 aromatic carbocycles. The molecule has 1 aliphatic rings. The highest BCUT2D eigenvalue weighted by Crippen LogP contribution is 2.18. The van der Waals surface area contributed by atoms with E-state index in [9.17, 15) is 4.79 Å². The highest BCUT2D eigenvalue weighted by Gasteiger charge is 2.28. The molecule has 0 aliphatic carbocycles. The van der Waals surface area contributed by atoms with Gasteiger partial charge in [-0.05, 0) is 24.3 Å². The zero-order valence-corrected chi connectivity index (χ0v) is 11.0. The molecule has 1 aliphatic heterocycles. The summed E-state index contributed by atoms with van der Waals surface area (Å²) in [7, 11) is 0. The zero-order chi connectivity index (χ0) is 13.8. The molecule has 2 aromatic rings. The van der Waals surface area contributed by atoms with E-state index in [4.69, 9.17) is 4.74 Å². The molecule has 1 saturated heterocycles. The molecule has 20 heavy (non-hydrogen) atoms. The quantitative estimate of drug-likeness (QED) is 0.852. The van der Waals surface area contributed by atoms with Gasteiger partial charge in [0, 0.05) is 31.6 Å². The van der Waals surface area contributed by atoms with Gasteiger partial charge in [0.15, 0.2) is 0 Å². The largest absolute Gasteiger partial charge is 0.488 e. The molecular formula is C15H15N3O2. The number of ether oxygens (including phenoxy) is 1. The SMILES string of the molecule is O=C(c1ccccn1)N1CCC(Oc2ccncc2)C1. The second-order valence-corrected chi connectivity index (χ2v) is 4.68. The van der Waals surface area contributed by atoms with Crippen LogP contribution < -0.4 is 4.74 Å². The van der Waals surface area contributed by atoms with Gasteiger partial charge in [0.1, 0.15) is 17.5 Å². The topological polar surface area (TPSA) is 55.3 Å². The van der Waals surface area contributed by atoms with Crippen LogP contribution in [0.2, 0.25) is 0 Å². The summed E-state index contributed by atoms with van der Waals surface area (Å²) < 4.78 is 5.84. The fourth-order valence-corrected chi connectivity index (χ4v) is 2.27. The molecule has 1 unspecified atom stereocenters. The first kappa shape index (κ1) is 12.6. The third kappa shape index (κ3) is 2.77. The van der Waals surface area contributed by atoms with E-state index in [0.717, 1.165) is 12.2 Å². The molecule has 0 saturated carbocycles. The van der Waals surface area contributed by atoms with E-state index >= 15 is 0 Å². The van der Waals surface area contributed by atoms with Crippen LogP contribution in [0, 0.1) is 0 Å². The van der Waals surface area contributed by atoms with Gasteiger partial charge in [0.05, 0.1) is 6.54 Å². The number of carbonyl (C=O) groups excluding carboxylic acids is 1. The van der Waals surface area contributed by atoms with E-state index < -0.39 is 0 Å². The van der Waals surface area contributed by atoms with Crippen LogP contribution in [0.5, 0.6) is 5.75 Å². The second kappa shape index (κ2) is 5.69. The molecule has 5 heteroatoms. The highest BCUT2D eigenvalue weighted by atomic mass is 16.5. The molecular weight excluding hydrogens is 254 g/mol. The standard InChI is InChI=1S/C15H15N3O2/c19-15(14-3-1-2-7-17-14)18-10-6-13(11-18)20-12-4-8-16-9-5-12/h1-5,7-9,13H,6,10-11H2. The van der Waals surface area contributed by atoms with E-state index in [-0.39, 0.29) is 12.0 Å². The van der Waals surface area contributed by atoms with Gasteiger partial charge in [-0.15, -0.1) is 0 Å². The molecule has 0 N–H and O–H groups in total. The first-order valence-corrected chi connectivity index (χ1v) is 6.60. The predicted molar refractivity (Wildman–Crippen MR) is 73.4 cm³/mol. The first-order chi connectivity index (χ1) is 9.83. The average Bonchev–Trinajstić information content (AvgIpc) is 2.97. The van der Waals surface area contributed by atoms with Crippen molar-refractivity contribution < 1.29 is 9.53 Å². The third-order valence-corrected chi connectivity index (χ3v) is 3.27. The van der Waals surface area contributed by atoms with Crippen molar-refractivity contribution in [1.29, 1.82) is 0 Å². The van der Waals surface area contributed by atoms with Crippen molar-refractivity contribution in [2.45, 2.75) is 12.5 Å². The Kier molecular flexibility index (Phi) is 3.58. The van der Waals surface area contributed by atoms with Crippen LogP contribution >= 0.6 is 0 Å². The number of hydrogen-bond donors (Lipinski definition) is 0. The van der Waals surface area contributed by atoms with Crippen molar-refractivity contribution in [3.8, 4) is 5.75 Å². The Bertz CT molecular complexity index is 574. The third-order valence-electron chi connectivity index (χ3n) is 3.27. The second-order valence-electron chi connectivity index (χ2n) is 4.68. The van der Waals surface area contributed by atoms with Crippen LogP contribution in [-0.2, 0) is 0 Å². The molecule has 102 valence electrons. The van der Waals surface area contributed by atoms with Gasteiger partial charge >= 0.3 is 0 Å². The van der Waals surface area contributed by atoms with Crippen LogP contribution in [0.3, 0.4) is 0 Å². The molecule has 1 amide bonds. The molecule has 0 radical (unpaired) electrons. The molecule has 0 spiro atoms. The average molecular weight is 269 g/mol. The van der Waals surface area contributed by atoms with Gasteiger partial charge in [0.2, 0.25) is 0 Å². The minimum Gasteiger partial charge on any atom is -0.488 e. The fraction of sp³-hybridized carbons (Fsp3) is 0.267. The summed E-state index contributed by atoms with van der Waals surface area (Å²) in [4.78, 5) is 22.1. The number of carbonyl (C=O) groups is 1. The number of pyridine rings is 2. The summed E-state index contributed by atoms with van der Waals surface area (Å²) in [6, 6.07) is 9.00. The smallest absolute Gasteiger partial charge is 0.272 e. The van der Waals surface area contributed by atoms with Gasteiger partial charge in [0.25, 0.3) is 5.91 Å². The van der Waals surface area contributed by atoms with Crippen LogP contribution in [0.25, 0.3) is 0 Å². The zero-order valence-electron chi connectivity index (χ0n) is 11.0. The molecule has 5 nitrogen and oxygen atoms in total. The van der Waals surface area contributed by atoms with Crippen LogP contribution in [0.1, 0.15) is 16.9 Å². The Morgan fingerprint density at radius 2 is 2.05 bits per heavy atom. The lowest BCUT2D eigenvalue weighted by atomic mass is 10.3. The lowest BCUT2D eigenvalue weighted by molar-refractivity contribution is 0.0766. The molecule has 3 heterocycles. The van der Waals surface area contributed by atoms with Crippen LogP contribution in [0.15, 0.2) is 48.9 Å². The van der Waals surface area contributed by atoms with Gasteiger partial charge in [-0.1, -0.05) is 6.07 Å². The van der Waals surface area contributed by atoms with E-state index in [0.29, 0.717) is 18.8 Å². The van der Waals surface area contributed by atoms with Crippen LogP contribution in [0.4, 0.5) is 0 Å². The van der Waals surface area contributed by atoms with Crippen molar-refractivity contribution in [3.63, 3.8) is 0 Å². The Morgan fingerprint density at radius 3 is 2.80 bits per heavy atom. The Hall–Kier alpha value is -2.43. The molecule has 1 atom stereocenters. The number of nitrogens with zero attached hydrogens (tertiary/aromatic N) is 3. The Labute approximate surface area is 117 Å². The summed E-state index contributed by atoms with van der Waals surface area (Å²) in [5.41, 5.74) is 0.483. The molecule has 1 fully saturated rings. The Morgan fingerprint density at radius 1 is 1.20 bits per heavy atom. The fourth-order valence-electron chi connectivity index (χ4n) is 2.27. The lowest BCUT2D eigenvalue weighted by Gasteiger charge is -2.16. The van der Waals surface area contributed by atoms with Crippen LogP contribution in [-0.4, -0.2) is 40.0 Å². The van der Waals surface area contributed by atoms with E-state index in [1.807, 2.05) is 18.2 Å². The van der Waals surface area contributed by atoms with E-state index in [1.165, 1.54) is 0 Å². The monoisotopic (exact) mass is 269 g/mol. The maximum Gasteiger partial charge on any atom is 0.272 e. The van der Waals surface area contributed by atoms with Crippen molar-refractivity contribution in [2.75, 3.05) is 13.1 Å². The molecule has 3 rings (SSSR count). The predicted octanol–water partition coefficient (Wildman–Crippen LogP) is 1.77. The van der Waals surface area contributed by atoms with Gasteiger partial charge in [-0.25, -0.2) is 0 Å². The lowest BCUT2D eigenvalue weighted by Crippen LogP contribution is -2.31. The summed E-state index contributed by atoms with van der Waals surface area (Å²) in [6.45, 7) is 1.29. The number of rotatable bonds is 3. The summed E-state index contributed by atoms with van der Waals surface area (Å²) in [5.74, 6) is 0.753. The normalized spacial score (nSPS) is 18.0. The minimum absolute atomic E-state index is 0.0325. The maximum atomic E-state index is 12.2. The number of amides is 1. The van der Waals surface area contributed by atoms with Gasteiger partial charge in [-0.3, -0.25) is 14.8 Å². The Balaban J connectivity index is 1.61.